The number of hydrogen-bond acceptors (Lipinski definition) is 5. The van der Waals surface area contributed by atoms with Crippen LogP contribution in [0.5, 0.6) is 0 Å². The third-order valence-corrected chi connectivity index (χ3v) is 6.79. The maximum absolute atomic E-state index is 13.1. The first-order chi connectivity index (χ1) is 19.4. The molecule has 0 spiro atoms. The molecule has 40 heavy (non-hydrogen) atoms. The van der Waals surface area contributed by atoms with Gasteiger partial charge in [0.2, 0.25) is 0 Å². The van der Waals surface area contributed by atoms with Crippen LogP contribution in [0.3, 0.4) is 0 Å². The van der Waals surface area contributed by atoms with E-state index in [0.717, 1.165) is 29.9 Å². The Morgan fingerprint density at radius 2 is 1.62 bits per heavy atom. The normalized spacial score (nSPS) is 11.4. The van der Waals surface area contributed by atoms with Gasteiger partial charge in [0, 0.05) is 29.9 Å². The van der Waals surface area contributed by atoms with Crippen LogP contribution in [0, 0.1) is 0 Å². The van der Waals surface area contributed by atoms with Gasteiger partial charge in [-0.15, -0.1) is 0 Å². The van der Waals surface area contributed by atoms with Crippen molar-refractivity contribution in [3.63, 3.8) is 0 Å². The molecule has 0 saturated carbocycles. The molecule has 204 valence electrons. The predicted octanol–water partition coefficient (Wildman–Crippen LogP) is 7.02. The molecule has 0 fully saturated rings. The Morgan fingerprint density at radius 3 is 2.30 bits per heavy atom. The van der Waals surface area contributed by atoms with Gasteiger partial charge in [0.15, 0.2) is 0 Å². The number of benzene rings is 3. The number of hydrazone groups is 1. The van der Waals surface area contributed by atoms with Crippen molar-refractivity contribution in [2.24, 2.45) is 5.10 Å². The molecule has 4 aromatic rings. The summed E-state index contributed by atoms with van der Waals surface area (Å²) in [5.74, 6) is -0.0323. The molecule has 2 amide bonds. The Balaban J connectivity index is 1.51. The molecule has 1 aromatic heterocycles. The Morgan fingerprint density at radius 1 is 0.900 bits per heavy atom. The van der Waals surface area contributed by atoms with Crippen LogP contribution in [0.1, 0.15) is 35.5 Å². The topological polar surface area (TPSA) is 86.9 Å². The van der Waals surface area contributed by atoms with Crippen molar-refractivity contribution in [1.82, 2.24) is 10.7 Å². The summed E-state index contributed by atoms with van der Waals surface area (Å²) in [7, 11) is 0. The molecule has 2 N–H and O–H groups in total. The van der Waals surface area contributed by atoms with Crippen LogP contribution in [0.25, 0.3) is 17.4 Å². The summed E-state index contributed by atoms with van der Waals surface area (Å²) in [5, 5.41) is 7.59. The van der Waals surface area contributed by atoms with E-state index in [1.165, 1.54) is 6.21 Å². The van der Waals surface area contributed by atoms with E-state index >= 15 is 0 Å². The Hall–Kier alpha value is -4.33. The van der Waals surface area contributed by atoms with E-state index in [0.29, 0.717) is 27.1 Å². The summed E-state index contributed by atoms with van der Waals surface area (Å²) in [5.41, 5.74) is 5.49. The van der Waals surface area contributed by atoms with Crippen molar-refractivity contribution in [3.05, 3.63) is 118 Å². The standard InChI is InChI=1S/C31H28Cl2N4O3/c1-3-37(4-2)24-13-10-21(11-14-24)18-28(35-30(38)22-8-6-5-7-9-22)31(39)36-34-20-25-15-17-29(40-25)23-12-16-26(32)27(33)19-23/h5-20H,3-4H2,1-2H3,(H,35,38)(H,36,39). The van der Waals surface area contributed by atoms with Gasteiger partial charge in [-0.3, -0.25) is 9.59 Å². The molecule has 0 bridgehead atoms. The molecule has 0 unspecified atom stereocenters. The first-order valence-corrected chi connectivity index (χ1v) is 13.4. The number of anilines is 1. The highest BCUT2D eigenvalue weighted by molar-refractivity contribution is 6.42. The smallest absolute Gasteiger partial charge is 0.287 e. The lowest BCUT2D eigenvalue weighted by molar-refractivity contribution is -0.117. The highest BCUT2D eigenvalue weighted by atomic mass is 35.5. The summed E-state index contributed by atoms with van der Waals surface area (Å²) in [6.07, 6.45) is 2.97. The monoisotopic (exact) mass is 574 g/mol. The summed E-state index contributed by atoms with van der Waals surface area (Å²) in [4.78, 5) is 28.2. The van der Waals surface area contributed by atoms with Crippen LogP contribution in [-0.2, 0) is 4.79 Å². The first kappa shape index (κ1) is 28.7. The van der Waals surface area contributed by atoms with E-state index in [1.807, 2.05) is 30.3 Å². The van der Waals surface area contributed by atoms with Gasteiger partial charge >= 0.3 is 0 Å². The van der Waals surface area contributed by atoms with Crippen molar-refractivity contribution in [2.75, 3.05) is 18.0 Å². The lowest BCUT2D eigenvalue weighted by Crippen LogP contribution is -2.32. The van der Waals surface area contributed by atoms with Crippen molar-refractivity contribution < 1.29 is 14.0 Å². The number of hydrogen-bond donors (Lipinski definition) is 2. The number of halogens is 2. The quantitative estimate of drug-likeness (QED) is 0.121. The number of amides is 2. The molecular weight excluding hydrogens is 547 g/mol. The van der Waals surface area contributed by atoms with Crippen LogP contribution in [0.2, 0.25) is 10.0 Å². The van der Waals surface area contributed by atoms with E-state index in [2.05, 4.69) is 34.6 Å². The minimum Gasteiger partial charge on any atom is -0.455 e. The fraction of sp³-hybridized carbons (Fsp3) is 0.129. The lowest BCUT2D eigenvalue weighted by atomic mass is 10.1. The maximum Gasteiger partial charge on any atom is 0.287 e. The number of furan rings is 1. The molecule has 0 saturated heterocycles. The van der Waals surface area contributed by atoms with E-state index in [1.54, 1.807) is 60.7 Å². The van der Waals surface area contributed by atoms with Gasteiger partial charge < -0.3 is 14.6 Å². The highest BCUT2D eigenvalue weighted by Gasteiger charge is 2.15. The van der Waals surface area contributed by atoms with E-state index in [9.17, 15) is 9.59 Å². The fourth-order valence-corrected chi connectivity index (χ4v) is 4.22. The molecule has 0 aliphatic rings. The zero-order chi connectivity index (χ0) is 28.5. The van der Waals surface area contributed by atoms with Gasteiger partial charge in [0.25, 0.3) is 11.8 Å². The van der Waals surface area contributed by atoms with Gasteiger partial charge in [-0.1, -0.05) is 53.5 Å². The van der Waals surface area contributed by atoms with Crippen LogP contribution < -0.4 is 15.6 Å². The minimum absolute atomic E-state index is 0.0394. The molecule has 9 heteroatoms. The van der Waals surface area contributed by atoms with Crippen molar-refractivity contribution in [1.29, 1.82) is 0 Å². The van der Waals surface area contributed by atoms with Gasteiger partial charge in [-0.05, 0) is 80.1 Å². The lowest BCUT2D eigenvalue weighted by Gasteiger charge is -2.20. The van der Waals surface area contributed by atoms with E-state index in [4.69, 9.17) is 27.6 Å². The van der Waals surface area contributed by atoms with Crippen LogP contribution in [-0.4, -0.2) is 31.1 Å². The number of carbonyl (C=O) groups excluding carboxylic acids is 2. The van der Waals surface area contributed by atoms with Crippen molar-refractivity contribution in [3.8, 4) is 11.3 Å². The predicted molar refractivity (Wildman–Crippen MR) is 162 cm³/mol. The van der Waals surface area contributed by atoms with Gasteiger partial charge in [0.1, 0.15) is 17.2 Å². The largest absolute Gasteiger partial charge is 0.455 e. The first-order valence-electron chi connectivity index (χ1n) is 12.7. The van der Waals surface area contributed by atoms with Gasteiger partial charge in [-0.2, -0.15) is 5.10 Å². The van der Waals surface area contributed by atoms with Gasteiger partial charge in [-0.25, -0.2) is 5.43 Å². The maximum atomic E-state index is 13.1. The molecule has 1 heterocycles. The third-order valence-electron chi connectivity index (χ3n) is 6.05. The minimum atomic E-state index is -0.593. The van der Waals surface area contributed by atoms with Crippen molar-refractivity contribution >= 4 is 53.0 Å². The molecule has 4 rings (SSSR count). The second-order valence-electron chi connectivity index (χ2n) is 8.67. The van der Waals surface area contributed by atoms with Crippen LogP contribution in [0.15, 0.2) is 100 Å². The summed E-state index contributed by atoms with van der Waals surface area (Å²) in [6.45, 7) is 5.95. The average molecular weight is 575 g/mol. The highest BCUT2D eigenvalue weighted by Crippen LogP contribution is 2.29. The fourth-order valence-electron chi connectivity index (χ4n) is 3.92. The molecule has 0 radical (unpaired) electrons. The van der Waals surface area contributed by atoms with Gasteiger partial charge in [0.05, 0.1) is 16.3 Å². The molecule has 0 aliphatic heterocycles. The molecule has 7 nitrogen and oxygen atoms in total. The van der Waals surface area contributed by atoms with E-state index in [-0.39, 0.29) is 5.70 Å². The van der Waals surface area contributed by atoms with Crippen molar-refractivity contribution in [2.45, 2.75) is 13.8 Å². The number of nitrogens with zero attached hydrogens (tertiary/aromatic N) is 2. The summed E-state index contributed by atoms with van der Waals surface area (Å²) >= 11 is 12.1. The second kappa shape index (κ2) is 13.6. The Bertz CT molecular complexity index is 1530. The molecule has 3 aromatic carbocycles. The Kier molecular flexibility index (Phi) is 9.78. The number of carbonyl (C=O) groups is 2. The third kappa shape index (κ3) is 7.40. The molecule has 0 aliphatic carbocycles. The average Bonchev–Trinajstić information content (AvgIpc) is 3.45. The summed E-state index contributed by atoms with van der Waals surface area (Å²) in [6, 6.07) is 25.1. The Labute approximate surface area is 243 Å². The molecule has 0 atom stereocenters. The van der Waals surface area contributed by atoms with Crippen LogP contribution >= 0.6 is 23.2 Å². The zero-order valence-electron chi connectivity index (χ0n) is 22.0. The van der Waals surface area contributed by atoms with Crippen LogP contribution in [0.4, 0.5) is 5.69 Å². The second-order valence-corrected chi connectivity index (χ2v) is 9.49. The zero-order valence-corrected chi connectivity index (χ0v) is 23.5. The molecular formula is C31H28Cl2N4O3. The van der Waals surface area contributed by atoms with E-state index < -0.39 is 11.8 Å². The summed E-state index contributed by atoms with van der Waals surface area (Å²) < 4.78 is 5.78. The SMILES string of the molecule is CCN(CC)c1ccc(C=C(NC(=O)c2ccccc2)C(=O)NN=Cc2ccc(-c3ccc(Cl)c(Cl)c3)o2)cc1. The number of nitrogens with one attached hydrogen (secondary N) is 2. The number of rotatable bonds is 10.